The molecule has 2 aromatic carbocycles. The van der Waals surface area contributed by atoms with Crippen molar-refractivity contribution in [1.82, 2.24) is 18.5 Å². The smallest absolute Gasteiger partial charge is 0.337 e. The van der Waals surface area contributed by atoms with E-state index < -0.39 is 21.6 Å². The number of aromatic amines is 1. The molecule has 5 rings (SSSR count). The van der Waals surface area contributed by atoms with Crippen LogP contribution in [0, 0.1) is 0 Å². The minimum atomic E-state index is -3.93. The molecule has 5 aromatic rings. The predicted molar refractivity (Wildman–Crippen MR) is 142 cm³/mol. The van der Waals surface area contributed by atoms with Crippen LogP contribution in [0.1, 0.15) is 22.3 Å². The summed E-state index contributed by atoms with van der Waals surface area (Å²) in [5.41, 5.74) is 2.80. The topological polar surface area (TPSA) is 116 Å². The van der Waals surface area contributed by atoms with Crippen LogP contribution < -0.4 is 5.56 Å². The quantitative estimate of drug-likeness (QED) is 0.245. The van der Waals surface area contributed by atoms with Crippen molar-refractivity contribution in [1.29, 1.82) is 0 Å². The van der Waals surface area contributed by atoms with Crippen molar-refractivity contribution in [3.05, 3.63) is 101 Å². The number of carbonyl (C=O) groups is 1. The average Bonchev–Trinajstić information content (AvgIpc) is 3.56. The molecule has 0 aliphatic heterocycles. The molecule has 188 valence electrons. The van der Waals surface area contributed by atoms with Gasteiger partial charge < -0.3 is 14.3 Å². The molecule has 0 radical (unpaired) electrons. The first kappa shape index (κ1) is 24.3. The van der Waals surface area contributed by atoms with Gasteiger partial charge in [0.25, 0.3) is 5.56 Å². The number of methoxy groups -OCH3 is 1. The Balaban J connectivity index is 1.80. The number of nitrogens with one attached hydrogen (secondary N) is 1. The van der Waals surface area contributed by atoms with Crippen LogP contribution in [0.15, 0.2) is 84.7 Å². The number of H-pyrrole nitrogens is 1. The number of pyridine rings is 1. The highest BCUT2D eigenvalue weighted by Gasteiger charge is 2.24. The number of benzene rings is 2. The predicted octanol–water partition coefficient (Wildman–Crippen LogP) is 4.09. The SMILES string of the molecule is C=CCCn1cc(-c2cc(C(=O)OC)cc3[nH]cnc23)c2ccn(S(=O)(=O)Cc3ccccc3)c2c1=O. The zero-order valence-electron chi connectivity index (χ0n) is 20.0. The van der Waals surface area contributed by atoms with E-state index in [0.717, 1.165) is 3.97 Å². The van der Waals surface area contributed by atoms with Crippen LogP contribution in [-0.4, -0.2) is 40.0 Å². The van der Waals surface area contributed by atoms with E-state index >= 15 is 0 Å². The molecule has 3 aromatic heterocycles. The van der Waals surface area contributed by atoms with Crippen LogP contribution in [-0.2, 0) is 27.1 Å². The van der Waals surface area contributed by atoms with Crippen molar-refractivity contribution in [2.45, 2.75) is 18.7 Å². The molecule has 0 atom stereocenters. The zero-order chi connectivity index (χ0) is 26.2. The van der Waals surface area contributed by atoms with Gasteiger partial charge in [0.1, 0.15) is 5.52 Å². The lowest BCUT2D eigenvalue weighted by atomic mass is 9.99. The summed E-state index contributed by atoms with van der Waals surface area (Å²) in [6, 6.07) is 13.7. The number of aryl methyl sites for hydroxylation is 1. The Morgan fingerprint density at radius 2 is 1.95 bits per heavy atom. The Bertz CT molecular complexity index is 1810. The van der Waals surface area contributed by atoms with Gasteiger partial charge in [0.15, 0.2) is 0 Å². The molecule has 0 aliphatic rings. The number of esters is 1. The van der Waals surface area contributed by atoms with Crippen LogP contribution in [0.25, 0.3) is 33.1 Å². The van der Waals surface area contributed by atoms with Crippen molar-refractivity contribution in [3.63, 3.8) is 0 Å². The van der Waals surface area contributed by atoms with Gasteiger partial charge in [-0.15, -0.1) is 6.58 Å². The second kappa shape index (κ2) is 9.55. The third-order valence-corrected chi connectivity index (χ3v) is 7.79. The molecular weight excluding hydrogens is 492 g/mol. The third kappa shape index (κ3) is 4.36. The number of hydrogen-bond acceptors (Lipinski definition) is 6. The maximum Gasteiger partial charge on any atom is 0.337 e. The lowest BCUT2D eigenvalue weighted by molar-refractivity contribution is 0.0601. The molecule has 0 saturated carbocycles. The minimum Gasteiger partial charge on any atom is -0.465 e. The molecule has 0 saturated heterocycles. The van der Waals surface area contributed by atoms with Crippen molar-refractivity contribution < 1.29 is 17.9 Å². The average molecular weight is 517 g/mol. The van der Waals surface area contributed by atoms with E-state index in [1.54, 1.807) is 54.7 Å². The normalized spacial score (nSPS) is 11.7. The molecule has 0 unspecified atom stereocenters. The summed E-state index contributed by atoms with van der Waals surface area (Å²) in [4.78, 5) is 33.4. The van der Waals surface area contributed by atoms with E-state index in [0.29, 0.717) is 51.6 Å². The molecule has 37 heavy (non-hydrogen) atoms. The fraction of sp³-hybridized carbons (Fsp3) is 0.148. The number of aromatic nitrogens is 4. The second-order valence-corrected chi connectivity index (χ2v) is 10.4. The molecular formula is C27H24N4O5S. The van der Waals surface area contributed by atoms with Gasteiger partial charge in [0, 0.05) is 35.5 Å². The van der Waals surface area contributed by atoms with E-state index in [9.17, 15) is 18.0 Å². The number of nitrogens with zero attached hydrogens (tertiary/aromatic N) is 3. The fourth-order valence-corrected chi connectivity index (χ4v) is 5.90. The van der Waals surface area contributed by atoms with Crippen molar-refractivity contribution in [2.75, 3.05) is 7.11 Å². The summed E-state index contributed by atoms with van der Waals surface area (Å²) in [5, 5.41) is 0.433. The largest absolute Gasteiger partial charge is 0.465 e. The van der Waals surface area contributed by atoms with Crippen molar-refractivity contribution in [3.8, 4) is 11.1 Å². The first-order valence-electron chi connectivity index (χ1n) is 11.5. The van der Waals surface area contributed by atoms with Crippen molar-refractivity contribution in [2.24, 2.45) is 0 Å². The Kier molecular flexibility index (Phi) is 6.26. The van der Waals surface area contributed by atoms with Crippen LogP contribution >= 0.6 is 0 Å². The van der Waals surface area contributed by atoms with Crippen molar-refractivity contribution >= 4 is 37.9 Å². The summed E-state index contributed by atoms with van der Waals surface area (Å²) in [5.74, 6) is -0.799. The Hall–Kier alpha value is -4.44. The number of imidazole rings is 1. The number of ether oxygens (including phenoxy) is 1. The standard InChI is InChI=1S/C27H24N4O5S/c1-3-4-11-30-15-22(21-13-19(27(33)36-2)14-23-24(21)29-17-28-23)20-10-12-31(25(20)26(30)32)37(34,35)16-18-8-6-5-7-9-18/h3,5-10,12-15,17H,1,4,11,16H2,2H3,(H,28,29). The van der Waals surface area contributed by atoms with E-state index in [4.69, 9.17) is 4.74 Å². The lowest BCUT2D eigenvalue weighted by Crippen LogP contribution is -2.25. The summed E-state index contributed by atoms with van der Waals surface area (Å²) < 4.78 is 34.4. The number of carbonyl (C=O) groups excluding carboxylic acids is 1. The van der Waals surface area contributed by atoms with Gasteiger partial charge in [0.05, 0.1) is 35.8 Å². The van der Waals surface area contributed by atoms with Crippen LogP contribution in [0.5, 0.6) is 0 Å². The minimum absolute atomic E-state index is 0.0321. The van der Waals surface area contributed by atoms with Gasteiger partial charge in [-0.2, -0.15) is 0 Å². The number of hydrogen-bond donors (Lipinski definition) is 1. The summed E-state index contributed by atoms with van der Waals surface area (Å²) in [7, 11) is -2.63. The van der Waals surface area contributed by atoms with E-state index in [2.05, 4.69) is 16.5 Å². The Morgan fingerprint density at radius 1 is 1.16 bits per heavy atom. The summed E-state index contributed by atoms with van der Waals surface area (Å²) in [6.07, 6.45) is 6.77. The molecule has 10 heteroatoms. The number of fused-ring (bicyclic) bond motifs is 2. The molecule has 0 amide bonds. The second-order valence-electron chi connectivity index (χ2n) is 8.55. The highest BCUT2D eigenvalue weighted by atomic mass is 32.2. The lowest BCUT2D eigenvalue weighted by Gasteiger charge is -2.14. The van der Waals surface area contributed by atoms with Crippen LogP contribution in [0.2, 0.25) is 0 Å². The van der Waals surface area contributed by atoms with Crippen LogP contribution in [0.3, 0.4) is 0 Å². The van der Waals surface area contributed by atoms with E-state index in [-0.39, 0.29) is 11.3 Å². The molecule has 0 fully saturated rings. The number of rotatable bonds is 8. The highest BCUT2D eigenvalue weighted by molar-refractivity contribution is 7.89. The molecule has 3 heterocycles. The van der Waals surface area contributed by atoms with E-state index in [1.807, 2.05) is 6.07 Å². The van der Waals surface area contributed by atoms with Gasteiger partial charge in [-0.3, -0.25) is 4.79 Å². The molecule has 1 N–H and O–H groups in total. The van der Waals surface area contributed by atoms with Gasteiger partial charge in [-0.25, -0.2) is 22.2 Å². The first-order chi connectivity index (χ1) is 17.8. The molecule has 0 aliphatic carbocycles. The maximum atomic E-state index is 13.6. The molecule has 9 nitrogen and oxygen atoms in total. The first-order valence-corrected chi connectivity index (χ1v) is 13.1. The zero-order valence-corrected chi connectivity index (χ0v) is 20.9. The van der Waals surface area contributed by atoms with E-state index in [1.165, 1.54) is 24.2 Å². The maximum absolute atomic E-state index is 13.6. The van der Waals surface area contributed by atoms with Gasteiger partial charge >= 0.3 is 5.97 Å². The molecule has 0 spiro atoms. The monoisotopic (exact) mass is 516 g/mol. The Labute approximate surface area is 212 Å². The number of allylic oxidation sites excluding steroid dienone is 1. The molecule has 0 bridgehead atoms. The fourth-order valence-electron chi connectivity index (χ4n) is 4.45. The third-order valence-electron chi connectivity index (χ3n) is 6.19. The Morgan fingerprint density at radius 3 is 2.68 bits per heavy atom. The van der Waals surface area contributed by atoms with Gasteiger partial charge in [-0.05, 0) is 30.2 Å². The van der Waals surface area contributed by atoms with Crippen LogP contribution in [0.4, 0.5) is 0 Å². The van der Waals surface area contributed by atoms with Gasteiger partial charge in [0.2, 0.25) is 10.0 Å². The highest BCUT2D eigenvalue weighted by Crippen LogP contribution is 2.34. The summed E-state index contributed by atoms with van der Waals surface area (Å²) in [6.45, 7) is 4.04. The summed E-state index contributed by atoms with van der Waals surface area (Å²) >= 11 is 0. The van der Waals surface area contributed by atoms with Gasteiger partial charge in [-0.1, -0.05) is 36.4 Å².